The van der Waals surface area contributed by atoms with Crippen LogP contribution in [-0.2, 0) is 11.3 Å². The molecule has 0 bridgehead atoms. The van der Waals surface area contributed by atoms with E-state index in [0.29, 0.717) is 22.5 Å². The van der Waals surface area contributed by atoms with E-state index in [2.05, 4.69) is 14.9 Å². The summed E-state index contributed by atoms with van der Waals surface area (Å²) in [5.74, 6) is 2.34. The predicted octanol–water partition coefficient (Wildman–Crippen LogP) is 3.90. The van der Waals surface area contributed by atoms with Gasteiger partial charge in [0.2, 0.25) is 0 Å². The number of ether oxygens (including phenoxy) is 2. The maximum Gasteiger partial charge on any atom is 0.156 e. The van der Waals surface area contributed by atoms with Crippen molar-refractivity contribution in [2.75, 3.05) is 25.1 Å². The summed E-state index contributed by atoms with van der Waals surface area (Å²) in [6, 6.07) is 7.32. The molecular formula is C17H19Cl2N3O2. The number of halogens is 2. The topological polar surface area (TPSA) is 47.5 Å². The molecule has 1 saturated heterocycles. The molecular weight excluding hydrogens is 349 g/mol. The van der Waals surface area contributed by atoms with Crippen LogP contribution in [0.5, 0.6) is 5.75 Å². The summed E-state index contributed by atoms with van der Waals surface area (Å²) in [7, 11) is 1.64. The molecule has 128 valence electrons. The number of rotatable bonds is 5. The Hall–Kier alpha value is -1.56. The molecule has 24 heavy (non-hydrogen) atoms. The molecule has 5 nitrogen and oxygen atoms in total. The smallest absolute Gasteiger partial charge is 0.156 e. The first kappa shape index (κ1) is 17.3. The Labute approximate surface area is 151 Å². The minimum Gasteiger partial charge on any atom is -0.488 e. The Morgan fingerprint density at radius 3 is 2.79 bits per heavy atom. The second-order valence-corrected chi connectivity index (χ2v) is 6.58. The van der Waals surface area contributed by atoms with Gasteiger partial charge in [0.15, 0.2) is 5.82 Å². The molecule has 7 heteroatoms. The van der Waals surface area contributed by atoms with Gasteiger partial charge in [0.1, 0.15) is 24.3 Å². The highest BCUT2D eigenvalue weighted by Crippen LogP contribution is 2.28. The fraction of sp³-hybridized carbons (Fsp3) is 0.412. The number of hydrogen-bond donors (Lipinski definition) is 0. The van der Waals surface area contributed by atoms with Gasteiger partial charge in [-0.1, -0.05) is 23.2 Å². The molecule has 2 heterocycles. The van der Waals surface area contributed by atoms with Crippen LogP contribution in [0.3, 0.4) is 0 Å². The van der Waals surface area contributed by atoms with Gasteiger partial charge in [-0.05, 0) is 19.1 Å². The third-order valence-electron chi connectivity index (χ3n) is 3.82. The van der Waals surface area contributed by atoms with Crippen molar-refractivity contribution < 1.29 is 9.47 Å². The number of aryl methyl sites for hydroxylation is 1. The highest BCUT2D eigenvalue weighted by atomic mass is 35.5. The average Bonchev–Trinajstić information content (AvgIpc) is 2.99. The number of methoxy groups -OCH3 is 1. The quantitative estimate of drug-likeness (QED) is 0.801. The molecule has 0 spiro atoms. The van der Waals surface area contributed by atoms with Crippen LogP contribution in [0.25, 0.3) is 0 Å². The van der Waals surface area contributed by atoms with Gasteiger partial charge < -0.3 is 14.4 Å². The van der Waals surface area contributed by atoms with E-state index < -0.39 is 0 Å². The first-order valence-corrected chi connectivity index (χ1v) is 8.51. The summed E-state index contributed by atoms with van der Waals surface area (Å²) in [4.78, 5) is 11.2. The Balaban J connectivity index is 1.67. The van der Waals surface area contributed by atoms with Crippen LogP contribution in [0.1, 0.15) is 17.9 Å². The molecule has 1 aliphatic heterocycles. The van der Waals surface area contributed by atoms with Crippen molar-refractivity contribution in [1.29, 1.82) is 0 Å². The van der Waals surface area contributed by atoms with E-state index in [1.807, 2.05) is 19.1 Å². The average molecular weight is 368 g/mol. The number of benzene rings is 1. The summed E-state index contributed by atoms with van der Waals surface area (Å²) in [5, 5.41) is 1.03. The normalized spacial score (nSPS) is 17.3. The Bertz CT molecular complexity index is 727. The van der Waals surface area contributed by atoms with Crippen LogP contribution in [0.4, 0.5) is 5.82 Å². The van der Waals surface area contributed by atoms with Gasteiger partial charge in [-0.25, -0.2) is 9.97 Å². The second kappa shape index (κ2) is 7.55. The van der Waals surface area contributed by atoms with E-state index in [1.165, 1.54) is 0 Å². The van der Waals surface area contributed by atoms with E-state index >= 15 is 0 Å². The summed E-state index contributed by atoms with van der Waals surface area (Å²) >= 11 is 12.0. The van der Waals surface area contributed by atoms with Crippen LogP contribution >= 0.6 is 23.2 Å². The molecule has 1 fully saturated rings. The number of aromatic nitrogens is 2. The summed E-state index contributed by atoms with van der Waals surface area (Å²) < 4.78 is 11.1. The molecule has 0 aliphatic carbocycles. The monoisotopic (exact) mass is 367 g/mol. The van der Waals surface area contributed by atoms with Crippen LogP contribution in [-0.4, -0.2) is 36.3 Å². The zero-order valence-corrected chi connectivity index (χ0v) is 15.1. The van der Waals surface area contributed by atoms with Crippen LogP contribution in [0.2, 0.25) is 10.0 Å². The zero-order chi connectivity index (χ0) is 17.1. The van der Waals surface area contributed by atoms with Crippen molar-refractivity contribution in [3.63, 3.8) is 0 Å². The van der Waals surface area contributed by atoms with Gasteiger partial charge in [-0.3, -0.25) is 0 Å². The van der Waals surface area contributed by atoms with E-state index in [4.69, 9.17) is 32.7 Å². The van der Waals surface area contributed by atoms with Gasteiger partial charge in [-0.2, -0.15) is 0 Å². The fourth-order valence-corrected chi connectivity index (χ4v) is 3.03. The lowest BCUT2D eigenvalue weighted by Crippen LogP contribution is -2.25. The molecule has 1 aliphatic rings. The lowest BCUT2D eigenvalue weighted by Gasteiger charge is -2.19. The second-order valence-electron chi connectivity index (χ2n) is 5.77. The van der Waals surface area contributed by atoms with Crippen molar-refractivity contribution in [3.05, 3.63) is 45.8 Å². The lowest BCUT2D eigenvalue weighted by atomic mass is 10.3. The molecule has 0 amide bonds. The van der Waals surface area contributed by atoms with Crippen LogP contribution < -0.4 is 9.64 Å². The van der Waals surface area contributed by atoms with Crippen molar-refractivity contribution in [3.8, 4) is 5.75 Å². The molecule has 0 radical (unpaired) electrons. The number of hydrogen-bond acceptors (Lipinski definition) is 5. The zero-order valence-electron chi connectivity index (χ0n) is 13.6. The first-order valence-electron chi connectivity index (χ1n) is 7.75. The number of anilines is 1. The van der Waals surface area contributed by atoms with E-state index in [0.717, 1.165) is 36.8 Å². The minimum absolute atomic E-state index is 0.0865. The maximum atomic E-state index is 6.04. The molecule has 1 aromatic heterocycles. The Morgan fingerprint density at radius 1 is 1.21 bits per heavy atom. The summed E-state index contributed by atoms with van der Waals surface area (Å²) in [5.41, 5.74) is 0.931. The van der Waals surface area contributed by atoms with Crippen molar-refractivity contribution in [1.82, 2.24) is 9.97 Å². The van der Waals surface area contributed by atoms with Gasteiger partial charge >= 0.3 is 0 Å². The highest BCUT2D eigenvalue weighted by Gasteiger charge is 2.25. The third-order valence-corrected chi connectivity index (χ3v) is 4.56. The molecule has 2 aromatic rings. The molecule has 1 unspecified atom stereocenters. The molecule has 1 aromatic carbocycles. The summed E-state index contributed by atoms with van der Waals surface area (Å²) in [6.07, 6.45) is 1.01. The van der Waals surface area contributed by atoms with Gasteiger partial charge in [0, 0.05) is 37.9 Å². The van der Waals surface area contributed by atoms with Gasteiger partial charge in [0.05, 0.1) is 16.6 Å². The van der Waals surface area contributed by atoms with Crippen molar-refractivity contribution in [2.24, 2.45) is 0 Å². The molecule has 0 N–H and O–H groups in total. The van der Waals surface area contributed by atoms with Crippen molar-refractivity contribution >= 4 is 29.0 Å². The van der Waals surface area contributed by atoms with E-state index in [-0.39, 0.29) is 6.10 Å². The Morgan fingerprint density at radius 2 is 2.04 bits per heavy atom. The number of nitrogens with zero attached hydrogens (tertiary/aromatic N) is 3. The van der Waals surface area contributed by atoms with Gasteiger partial charge in [0.25, 0.3) is 0 Å². The van der Waals surface area contributed by atoms with Gasteiger partial charge in [-0.15, -0.1) is 0 Å². The summed E-state index contributed by atoms with van der Waals surface area (Å²) in [6.45, 7) is 4.02. The first-order chi connectivity index (χ1) is 11.5. The maximum absolute atomic E-state index is 6.04. The van der Waals surface area contributed by atoms with Crippen LogP contribution in [0, 0.1) is 6.92 Å². The fourth-order valence-electron chi connectivity index (χ4n) is 2.74. The van der Waals surface area contributed by atoms with Crippen LogP contribution in [0.15, 0.2) is 24.3 Å². The highest BCUT2D eigenvalue weighted by molar-refractivity contribution is 6.42. The van der Waals surface area contributed by atoms with Crippen molar-refractivity contribution in [2.45, 2.75) is 26.1 Å². The molecule has 3 rings (SSSR count). The minimum atomic E-state index is 0.0865. The third kappa shape index (κ3) is 4.09. The predicted molar refractivity (Wildman–Crippen MR) is 95.2 cm³/mol. The SMILES string of the molecule is COCc1nc(C)cc(N2CCC(Oc3ccc(Cl)c(Cl)c3)C2)n1. The molecule has 0 saturated carbocycles. The standard InChI is InChI=1S/C17H19Cl2N3O2/c1-11-7-17(21-16(20-11)10-23-2)22-6-5-13(9-22)24-12-3-4-14(18)15(19)8-12/h3-4,7-8,13H,5-6,9-10H2,1-2H3. The van der Waals surface area contributed by atoms with E-state index in [1.54, 1.807) is 19.2 Å². The Kier molecular flexibility index (Phi) is 5.43. The molecule has 1 atom stereocenters. The largest absolute Gasteiger partial charge is 0.488 e. The lowest BCUT2D eigenvalue weighted by molar-refractivity contribution is 0.177. The van der Waals surface area contributed by atoms with E-state index in [9.17, 15) is 0 Å².